The molecule has 1 heterocycles. The summed E-state index contributed by atoms with van der Waals surface area (Å²) < 4.78 is 5.15. The van der Waals surface area contributed by atoms with Crippen LogP contribution < -0.4 is 27.0 Å². The van der Waals surface area contributed by atoms with E-state index >= 15 is 0 Å². The average molecular weight is 661 g/mol. The van der Waals surface area contributed by atoms with Gasteiger partial charge >= 0.3 is 12.0 Å². The molecule has 0 radical (unpaired) electrons. The normalized spacial score (nSPS) is 14.4. The summed E-state index contributed by atoms with van der Waals surface area (Å²) in [5.41, 5.74) is 6.27. The van der Waals surface area contributed by atoms with Gasteiger partial charge in [-0.25, -0.2) is 4.79 Å². The van der Waals surface area contributed by atoms with Crippen molar-refractivity contribution in [3.63, 3.8) is 0 Å². The van der Waals surface area contributed by atoms with Gasteiger partial charge in [-0.1, -0.05) is 32.4 Å². The van der Waals surface area contributed by atoms with E-state index in [4.69, 9.17) is 10.5 Å². The van der Waals surface area contributed by atoms with E-state index in [2.05, 4.69) is 33.9 Å². The minimum absolute atomic E-state index is 0.0458. The summed E-state index contributed by atoms with van der Waals surface area (Å²) in [5, 5.41) is 10.1. The number of carbonyl (C=O) groups is 7. The SMILES string of the molecule is CC(S)C(=O)OCc1ccc(NC(=O)[C@H](CCCNC(N)=O)NC(=O)[C@@H](NC(=O)CCCCCN2C(=O)C=CC2=O)C(C)C)cc1. The molecule has 1 aromatic rings. The zero-order chi connectivity index (χ0) is 34.2. The molecule has 7 amide bonds. The number of hydrogen-bond acceptors (Lipinski definition) is 9. The molecule has 14 nitrogen and oxygen atoms in total. The van der Waals surface area contributed by atoms with E-state index in [-0.39, 0.29) is 56.2 Å². The second kappa shape index (κ2) is 19.2. The number of hydrogen-bond donors (Lipinski definition) is 6. The number of primary amides is 1. The van der Waals surface area contributed by atoms with E-state index < -0.39 is 41.1 Å². The van der Waals surface area contributed by atoms with Gasteiger partial charge in [0.25, 0.3) is 11.8 Å². The second-order valence-corrected chi connectivity index (χ2v) is 12.0. The van der Waals surface area contributed by atoms with Gasteiger partial charge in [0.1, 0.15) is 18.7 Å². The van der Waals surface area contributed by atoms with Crippen LogP contribution in [0.4, 0.5) is 10.5 Å². The Hall–Kier alpha value is -4.40. The minimum Gasteiger partial charge on any atom is -0.460 e. The molecule has 1 aliphatic heterocycles. The van der Waals surface area contributed by atoms with Crippen molar-refractivity contribution in [3.05, 3.63) is 42.0 Å². The molecule has 6 N–H and O–H groups in total. The molecule has 0 saturated carbocycles. The monoisotopic (exact) mass is 660 g/mol. The first-order valence-corrected chi connectivity index (χ1v) is 15.7. The summed E-state index contributed by atoms with van der Waals surface area (Å²) in [5.74, 6) is -2.83. The number of benzene rings is 1. The van der Waals surface area contributed by atoms with Crippen molar-refractivity contribution in [1.82, 2.24) is 20.9 Å². The lowest BCUT2D eigenvalue weighted by molar-refractivity contribution is -0.144. The van der Waals surface area contributed by atoms with Crippen molar-refractivity contribution in [2.24, 2.45) is 11.7 Å². The van der Waals surface area contributed by atoms with Gasteiger partial charge in [0.05, 0.1) is 5.25 Å². The molecule has 1 unspecified atom stereocenters. The number of ether oxygens (including phenoxy) is 1. The molecular weight excluding hydrogens is 616 g/mol. The molecule has 1 aromatic carbocycles. The number of anilines is 1. The summed E-state index contributed by atoms with van der Waals surface area (Å²) in [6.45, 7) is 5.65. The molecule has 3 atom stereocenters. The van der Waals surface area contributed by atoms with Crippen molar-refractivity contribution in [2.75, 3.05) is 18.4 Å². The van der Waals surface area contributed by atoms with E-state index in [0.29, 0.717) is 36.9 Å². The minimum atomic E-state index is -0.997. The summed E-state index contributed by atoms with van der Waals surface area (Å²) in [6.07, 6.45) is 4.74. The lowest BCUT2D eigenvalue weighted by Gasteiger charge is -2.25. The third-order valence-electron chi connectivity index (χ3n) is 7.00. The van der Waals surface area contributed by atoms with Crippen LogP contribution in [-0.2, 0) is 40.1 Å². The maximum atomic E-state index is 13.3. The van der Waals surface area contributed by atoms with Gasteiger partial charge in [-0.15, -0.1) is 0 Å². The van der Waals surface area contributed by atoms with E-state index in [0.717, 1.165) is 4.90 Å². The third-order valence-corrected chi connectivity index (χ3v) is 7.21. The zero-order valence-electron chi connectivity index (χ0n) is 26.4. The highest BCUT2D eigenvalue weighted by atomic mass is 32.1. The van der Waals surface area contributed by atoms with Crippen molar-refractivity contribution >= 4 is 59.9 Å². The Kier molecular flexibility index (Phi) is 15.8. The van der Waals surface area contributed by atoms with Gasteiger partial charge in [-0.05, 0) is 56.2 Å². The molecule has 46 heavy (non-hydrogen) atoms. The first-order chi connectivity index (χ1) is 21.8. The zero-order valence-corrected chi connectivity index (χ0v) is 27.3. The Bertz CT molecular complexity index is 1270. The molecule has 15 heteroatoms. The number of urea groups is 1. The Labute approximate surface area is 274 Å². The van der Waals surface area contributed by atoms with Crippen LogP contribution in [-0.4, -0.2) is 76.9 Å². The van der Waals surface area contributed by atoms with E-state index in [1.807, 2.05) is 0 Å². The fraction of sp³-hybridized carbons (Fsp3) is 0.516. The molecule has 252 valence electrons. The highest BCUT2D eigenvalue weighted by Gasteiger charge is 2.29. The maximum Gasteiger partial charge on any atom is 0.318 e. The summed E-state index contributed by atoms with van der Waals surface area (Å²) >= 11 is 4.03. The predicted molar refractivity (Wildman–Crippen MR) is 173 cm³/mol. The predicted octanol–water partition coefficient (Wildman–Crippen LogP) is 1.55. The molecule has 0 fully saturated rings. The topological polar surface area (TPSA) is 206 Å². The first kappa shape index (κ1) is 37.8. The van der Waals surface area contributed by atoms with Crippen molar-refractivity contribution in [3.8, 4) is 0 Å². The molecule has 0 saturated heterocycles. The Morgan fingerprint density at radius 1 is 0.891 bits per heavy atom. The van der Waals surface area contributed by atoms with Crippen LogP contribution in [0.2, 0.25) is 0 Å². The van der Waals surface area contributed by atoms with Gasteiger partial charge < -0.3 is 31.7 Å². The molecule has 0 bridgehead atoms. The van der Waals surface area contributed by atoms with Crippen molar-refractivity contribution < 1.29 is 38.3 Å². The number of nitrogens with zero attached hydrogens (tertiary/aromatic N) is 1. The van der Waals surface area contributed by atoms with Crippen LogP contribution >= 0.6 is 12.6 Å². The maximum absolute atomic E-state index is 13.3. The molecule has 0 aromatic heterocycles. The molecule has 2 rings (SSSR count). The molecular formula is C31H44N6O8S. The van der Waals surface area contributed by atoms with Gasteiger partial charge in [0.15, 0.2) is 0 Å². The molecule has 0 spiro atoms. The fourth-order valence-corrected chi connectivity index (χ4v) is 4.48. The number of rotatable bonds is 19. The fourth-order valence-electron chi connectivity index (χ4n) is 4.40. The number of nitrogens with two attached hydrogens (primary N) is 1. The van der Waals surface area contributed by atoms with Crippen LogP contribution in [0.15, 0.2) is 36.4 Å². The lowest BCUT2D eigenvalue weighted by atomic mass is 10.0. The van der Waals surface area contributed by atoms with Gasteiger partial charge in [0.2, 0.25) is 17.7 Å². The second-order valence-electron chi connectivity index (χ2n) is 11.2. The largest absolute Gasteiger partial charge is 0.460 e. The Balaban J connectivity index is 1.95. The number of amides is 7. The number of unbranched alkanes of at least 4 members (excludes halogenated alkanes) is 2. The van der Waals surface area contributed by atoms with Gasteiger partial charge in [0, 0.05) is 37.3 Å². The van der Waals surface area contributed by atoms with E-state index in [1.165, 1.54) is 12.2 Å². The van der Waals surface area contributed by atoms with Crippen LogP contribution in [0, 0.1) is 5.92 Å². The van der Waals surface area contributed by atoms with Gasteiger partial charge in [-0.2, -0.15) is 12.6 Å². The number of carbonyl (C=O) groups excluding carboxylic acids is 7. The van der Waals surface area contributed by atoms with E-state index in [1.54, 1.807) is 45.0 Å². The summed E-state index contributed by atoms with van der Waals surface area (Å²) in [6, 6.07) is 4.01. The number of thiol groups is 1. The average Bonchev–Trinajstić information content (AvgIpc) is 3.32. The van der Waals surface area contributed by atoms with Crippen LogP contribution in [0.1, 0.15) is 64.9 Å². The number of esters is 1. The summed E-state index contributed by atoms with van der Waals surface area (Å²) in [7, 11) is 0. The van der Waals surface area contributed by atoms with Gasteiger partial charge in [-0.3, -0.25) is 33.7 Å². The lowest BCUT2D eigenvalue weighted by Crippen LogP contribution is -2.54. The number of nitrogens with one attached hydrogen (secondary N) is 4. The van der Waals surface area contributed by atoms with Crippen molar-refractivity contribution in [2.45, 2.75) is 83.2 Å². The molecule has 1 aliphatic rings. The highest BCUT2D eigenvalue weighted by molar-refractivity contribution is 7.81. The Morgan fingerprint density at radius 2 is 1.54 bits per heavy atom. The third kappa shape index (κ3) is 13.3. The summed E-state index contributed by atoms with van der Waals surface area (Å²) in [4.78, 5) is 86.4. The number of imide groups is 1. The molecule has 0 aliphatic carbocycles. The standard InChI is InChI=1S/C31H44N6O8S/c1-19(2)27(36-24(38)9-5-4-6-17-37-25(39)14-15-26(37)40)29(42)35-23(8-7-16-33-31(32)44)28(41)34-22-12-10-21(11-13-22)18-45-30(43)20(3)46/h10-15,19-20,23,27,46H,4-9,16-18H2,1-3H3,(H,34,41)(H,35,42)(H,36,38)(H3,32,33,44)/t20?,23-,27-/m0/s1. The smallest absolute Gasteiger partial charge is 0.318 e. The van der Waals surface area contributed by atoms with Crippen LogP contribution in [0.5, 0.6) is 0 Å². The quantitative estimate of drug-likeness (QED) is 0.0554. The van der Waals surface area contributed by atoms with Crippen molar-refractivity contribution in [1.29, 1.82) is 0 Å². The highest BCUT2D eigenvalue weighted by Crippen LogP contribution is 2.14. The Morgan fingerprint density at radius 3 is 2.13 bits per heavy atom. The van der Waals surface area contributed by atoms with Crippen LogP contribution in [0.25, 0.3) is 0 Å². The first-order valence-electron chi connectivity index (χ1n) is 15.2. The van der Waals surface area contributed by atoms with Crippen LogP contribution in [0.3, 0.4) is 0 Å². The van der Waals surface area contributed by atoms with E-state index in [9.17, 15) is 33.6 Å².